The highest BCUT2D eigenvalue weighted by molar-refractivity contribution is 5.87. The van der Waals surface area contributed by atoms with Crippen LogP contribution in [-0.2, 0) is 0 Å². The number of ether oxygens (including phenoxy) is 3. The lowest BCUT2D eigenvalue weighted by molar-refractivity contribution is 0.145. The maximum absolute atomic E-state index is 6.11. The molecule has 0 atom stereocenters. The highest BCUT2D eigenvalue weighted by atomic mass is 16.5. The summed E-state index contributed by atoms with van der Waals surface area (Å²) in [4.78, 5) is 16.8. The third kappa shape index (κ3) is 4.86. The molecule has 0 amide bonds. The van der Waals surface area contributed by atoms with Gasteiger partial charge in [-0.2, -0.15) is 0 Å². The fourth-order valence-corrected chi connectivity index (χ4v) is 4.14. The summed E-state index contributed by atoms with van der Waals surface area (Å²) in [5.74, 6) is 2.52. The summed E-state index contributed by atoms with van der Waals surface area (Å²) in [6.07, 6.45) is 4.38. The summed E-state index contributed by atoms with van der Waals surface area (Å²) >= 11 is 0. The number of hydrogen-bond acceptors (Lipinski definition) is 7. The Kier molecular flexibility index (Phi) is 6.28. The minimum atomic E-state index is 0.481. The van der Waals surface area contributed by atoms with Crippen molar-refractivity contribution in [2.24, 2.45) is 0 Å². The van der Waals surface area contributed by atoms with Crippen LogP contribution < -0.4 is 14.2 Å². The number of likely N-dealkylation sites (N-methyl/N-ethyl adjacent to an activating group) is 1. The molecule has 1 saturated heterocycles. The summed E-state index contributed by atoms with van der Waals surface area (Å²) in [7, 11) is 3.81. The molecular formula is C25H29N5O3. The van der Waals surface area contributed by atoms with Crippen LogP contribution in [0.4, 0.5) is 0 Å². The summed E-state index contributed by atoms with van der Waals surface area (Å²) in [5.41, 5.74) is 1.81. The van der Waals surface area contributed by atoms with E-state index in [-0.39, 0.29) is 0 Å². The van der Waals surface area contributed by atoms with E-state index in [0.717, 1.165) is 61.0 Å². The Hall–Kier alpha value is -3.36. The van der Waals surface area contributed by atoms with Crippen molar-refractivity contribution < 1.29 is 14.2 Å². The molecule has 1 aliphatic heterocycles. The molecule has 3 heterocycles. The van der Waals surface area contributed by atoms with Crippen molar-refractivity contribution in [1.82, 2.24) is 24.8 Å². The first-order chi connectivity index (χ1) is 16.2. The average Bonchev–Trinajstić information content (AvgIpc) is 3.30. The summed E-state index contributed by atoms with van der Waals surface area (Å²) < 4.78 is 17.8. The SMILES string of the molecule is COc1cc2c(Oc3ccc4[nH]ccc4c3)ncnc2cc1OCCCN1CCN(C)CC1. The van der Waals surface area contributed by atoms with Gasteiger partial charge < -0.3 is 29.0 Å². The van der Waals surface area contributed by atoms with Crippen molar-refractivity contribution in [3.8, 4) is 23.1 Å². The van der Waals surface area contributed by atoms with E-state index in [0.29, 0.717) is 29.7 Å². The molecule has 2 aromatic carbocycles. The Balaban J connectivity index is 1.29. The molecule has 8 nitrogen and oxygen atoms in total. The molecule has 0 spiro atoms. The maximum Gasteiger partial charge on any atom is 0.230 e. The molecule has 1 fully saturated rings. The van der Waals surface area contributed by atoms with Crippen LogP contribution in [0.25, 0.3) is 21.8 Å². The van der Waals surface area contributed by atoms with Crippen LogP contribution in [0.1, 0.15) is 6.42 Å². The third-order valence-corrected chi connectivity index (χ3v) is 6.10. The number of hydrogen-bond donors (Lipinski definition) is 1. The van der Waals surface area contributed by atoms with E-state index in [1.54, 1.807) is 7.11 Å². The Morgan fingerprint density at radius 3 is 2.73 bits per heavy atom. The first kappa shape index (κ1) is 21.5. The fraction of sp³-hybridized carbons (Fsp3) is 0.360. The summed E-state index contributed by atoms with van der Waals surface area (Å²) in [5, 5.41) is 1.85. The van der Waals surface area contributed by atoms with E-state index in [1.807, 2.05) is 42.6 Å². The van der Waals surface area contributed by atoms with Gasteiger partial charge in [-0.1, -0.05) is 0 Å². The molecular weight excluding hydrogens is 418 g/mol. The zero-order valence-corrected chi connectivity index (χ0v) is 19.1. The van der Waals surface area contributed by atoms with Gasteiger partial charge in [0, 0.05) is 55.9 Å². The van der Waals surface area contributed by atoms with E-state index >= 15 is 0 Å². The number of fused-ring (bicyclic) bond motifs is 2. The van der Waals surface area contributed by atoms with E-state index in [9.17, 15) is 0 Å². The first-order valence-electron chi connectivity index (χ1n) is 11.3. The zero-order chi connectivity index (χ0) is 22.6. The number of nitrogens with one attached hydrogen (secondary N) is 1. The normalized spacial score (nSPS) is 15.2. The van der Waals surface area contributed by atoms with Gasteiger partial charge in [0.2, 0.25) is 5.88 Å². The topological polar surface area (TPSA) is 75.7 Å². The van der Waals surface area contributed by atoms with Gasteiger partial charge in [0.05, 0.1) is 24.6 Å². The second-order valence-electron chi connectivity index (χ2n) is 8.37. The molecule has 5 rings (SSSR count). The molecule has 0 saturated carbocycles. The average molecular weight is 448 g/mol. The van der Waals surface area contributed by atoms with E-state index in [4.69, 9.17) is 14.2 Å². The van der Waals surface area contributed by atoms with Crippen LogP contribution in [-0.4, -0.2) is 78.2 Å². The number of rotatable bonds is 8. The Labute approximate surface area is 193 Å². The molecule has 8 heteroatoms. The third-order valence-electron chi connectivity index (χ3n) is 6.10. The molecule has 2 aromatic heterocycles. The smallest absolute Gasteiger partial charge is 0.230 e. The van der Waals surface area contributed by atoms with Crippen LogP contribution in [0.15, 0.2) is 48.9 Å². The maximum atomic E-state index is 6.11. The second-order valence-corrected chi connectivity index (χ2v) is 8.37. The van der Waals surface area contributed by atoms with Crippen molar-refractivity contribution >= 4 is 21.8 Å². The first-order valence-corrected chi connectivity index (χ1v) is 11.3. The number of aromatic nitrogens is 3. The molecule has 0 radical (unpaired) electrons. The molecule has 4 aromatic rings. The molecule has 0 aliphatic carbocycles. The molecule has 172 valence electrons. The predicted molar refractivity (Wildman–Crippen MR) is 129 cm³/mol. The van der Waals surface area contributed by atoms with Crippen LogP contribution in [0.5, 0.6) is 23.1 Å². The summed E-state index contributed by atoms with van der Waals surface area (Å²) in [6.45, 7) is 6.15. The van der Waals surface area contributed by atoms with E-state index < -0.39 is 0 Å². The van der Waals surface area contributed by atoms with Crippen molar-refractivity contribution in [2.45, 2.75) is 6.42 Å². The van der Waals surface area contributed by atoms with E-state index in [1.165, 1.54) is 6.33 Å². The Morgan fingerprint density at radius 2 is 1.88 bits per heavy atom. The standard InChI is InChI=1S/C25H29N5O3/c1-29-9-11-30(12-10-29)8-3-13-32-24-16-22-20(15-23(24)31-2)25(28-17-27-22)33-19-4-5-21-18(14-19)6-7-26-21/h4-7,14-17,26H,3,8-13H2,1-2H3. The van der Waals surface area contributed by atoms with Gasteiger partial charge in [-0.25, -0.2) is 9.97 Å². The number of piperazine rings is 1. The van der Waals surface area contributed by atoms with Crippen molar-refractivity contribution in [2.75, 3.05) is 53.5 Å². The fourth-order valence-electron chi connectivity index (χ4n) is 4.14. The molecule has 0 unspecified atom stereocenters. The highest BCUT2D eigenvalue weighted by Gasteiger charge is 2.15. The minimum Gasteiger partial charge on any atom is -0.493 e. The van der Waals surface area contributed by atoms with Crippen LogP contribution in [0.2, 0.25) is 0 Å². The number of aromatic amines is 1. The summed E-state index contributed by atoms with van der Waals surface area (Å²) in [6, 6.07) is 11.7. The number of methoxy groups -OCH3 is 1. The van der Waals surface area contributed by atoms with Crippen LogP contribution in [0.3, 0.4) is 0 Å². The Bertz CT molecular complexity index is 1230. The van der Waals surface area contributed by atoms with Gasteiger partial charge >= 0.3 is 0 Å². The van der Waals surface area contributed by atoms with Crippen LogP contribution in [0, 0.1) is 0 Å². The van der Waals surface area contributed by atoms with Gasteiger partial charge in [0.25, 0.3) is 0 Å². The van der Waals surface area contributed by atoms with Gasteiger partial charge in [-0.05, 0) is 43.8 Å². The minimum absolute atomic E-state index is 0.481. The quantitative estimate of drug-likeness (QED) is 0.410. The van der Waals surface area contributed by atoms with Gasteiger partial charge in [-0.15, -0.1) is 0 Å². The number of nitrogens with zero attached hydrogens (tertiary/aromatic N) is 4. The van der Waals surface area contributed by atoms with Gasteiger partial charge in [0.15, 0.2) is 11.5 Å². The van der Waals surface area contributed by atoms with Crippen molar-refractivity contribution in [3.63, 3.8) is 0 Å². The lowest BCUT2D eigenvalue weighted by atomic mass is 10.2. The lowest BCUT2D eigenvalue weighted by Gasteiger charge is -2.32. The Morgan fingerprint density at radius 1 is 1.00 bits per heavy atom. The largest absolute Gasteiger partial charge is 0.493 e. The highest BCUT2D eigenvalue weighted by Crippen LogP contribution is 2.36. The van der Waals surface area contributed by atoms with Crippen LogP contribution >= 0.6 is 0 Å². The lowest BCUT2D eigenvalue weighted by Crippen LogP contribution is -2.44. The monoisotopic (exact) mass is 447 g/mol. The zero-order valence-electron chi connectivity index (χ0n) is 19.1. The van der Waals surface area contributed by atoms with Gasteiger partial charge in [0.1, 0.15) is 12.1 Å². The molecule has 0 bridgehead atoms. The second kappa shape index (κ2) is 9.64. The van der Waals surface area contributed by atoms with Crippen molar-refractivity contribution in [3.05, 3.63) is 48.9 Å². The predicted octanol–water partition coefficient (Wildman–Crippen LogP) is 3.93. The van der Waals surface area contributed by atoms with E-state index in [2.05, 4.69) is 31.8 Å². The molecule has 1 aliphatic rings. The number of benzene rings is 2. The molecule has 33 heavy (non-hydrogen) atoms. The van der Waals surface area contributed by atoms with Gasteiger partial charge in [-0.3, -0.25) is 0 Å². The number of H-pyrrole nitrogens is 1. The van der Waals surface area contributed by atoms with Crippen molar-refractivity contribution in [1.29, 1.82) is 0 Å². The molecule has 1 N–H and O–H groups in total.